The molecular formula is C20H16F3N3O. The maximum Gasteiger partial charge on any atom is 0.264 e. The third-order valence-corrected chi connectivity index (χ3v) is 4.37. The highest BCUT2D eigenvalue weighted by Gasteiger charge is 2.25. The molecule has 1 fully saturated rings. The van der Waals surface area contributed by atoms with Crippen molar-refractivity contribution in [1.29, 1.82) is 5.26 Å². The molecule has 0 radical (unpaired) electrons. The van der Waals surface area contributed by atoms with Crippen molar-refractivity contribution < 1.29 is 18.0 Å². The smallest absolute Gasteiger partial charge is 0.264 e. The van der Waals surface area contributed by atoms with Crippen molar-refractivity contribution in [2.24, 2.45) is 0 Å². The molecule has 0 aliphatic carbocycles. The highest BCUT2D eigenvalue weighted by atomic mass is 19.2. The first-order valence-corrected chi connectivity index (χ1v) is 8.35. The van der Waals surface area contributed by atoms with Crippen molar-refractivity contribution in [3.05, 3.63) is 71.1 Å². The second kappa shape index (κ2) is 7.96. The summed E-state index contributed by atoms with van der Waals surface area (Å²) in [6.45, 7) is 1.50. The molecule has 1 amide bonds. The Morgan fingerprint density at radius 1 is 0.963 bits per heavy atom. The Morgan fingerprint density at radius 2 is 1.67 bits per heavy atom. The Balaban J connectivity index is 1.70. The van der Waals surface area contributed by atoms with Gasteiger partial charge in [-0.25, -0.2) is 13.2 Å². The fourth-order valence-electron chi connectivity index (χ4n) is 2.94. The van der Waals surface area contributed by atoms with Crippen LogP contribution in [-0.4, -0.2) is 37.0 Å². The zero-order chi connectivity index (χ0) is 19.4. The highest BCUT2D eigenvalue weighted by Crippen LogP contribution is 2.21. The number of nitriles is 1. The minimum Gasteiger partial charge on any atom is -0.366 e. The number of rotatable bonds is 3. The Morgan fingerprint density at radius 3 is 2.30 bits per heavy atom. The van der Waals surface area contributed by atoms with Crippen molar-refractivity contribution in [3.63, 3.8) is 0 Å². The van der Waals surface area contributed by atoms with E-state index in [-0.39, 0.29) is 17.0 Å². The molecule has 1 heterocycles. The third-order valence-electron chi connectivity index (χ3n) is 4.37. The van der Waals surface area contributed by atoms with Gasteiger partial charge >= 0.3 is 0 Å². The number of hydrogen-bond acceptors (Lipinski definition) is 3. The van der Waals surface area contributed by atoms with E-state index in [9.17, 15) is 23.2 Å². The number of carbonyl (C=O) groups is 1. The van der Waals surface area contributed by atoms with Crippen LogP contribution in [0.25, 0.3) is 6.08 Å². The number of carbonyl (C=O) groups excluding carboxylic acids is 1. The predicted molar refractivity (Wildman–Crippen MR) is 95.1 cm³/mol. The summed E-state index contributed by atoms with van der Waals surface area (Å²) in [5, 5.41) is 9.29. The molecule has 7 heteroatoms. The van der Waals surface area contributed by atoms with Crippen LogP contribution in [0, 0.1) is 28.8 Å². The largest absolute Gasteiger partial charge is 0.366 e. The number of benzene rings is 2. The van der Waals surface area contributed by atoms with E-state index < -0.39 is 17.5 Å². The van der Waals surface area contributed by atoms with Crippen molar-refractivity contribution in [2.45, 2.75) is 0 Å². The maximum absolute atomic E-state index is 13.9. The molecular weight excluding hydrogens is 355 g/mol. The molecule has 2 aromatic carbocycles. The Hall–Kier alpha value is -3.27. The van der Waals surface area contributed by atoms with Gasteiger partial charge in [0.1, 0.15) is 17.5 Å². The topological polar surface area (TPSA) is 47.3 Å². The molecule has 2 aromatic rings. The highest BCUT2D eigenvalue weighted by molar-refractivity contribution is 6.01. The van der Waals surface area contributed by atoms with E-state index in [2.05, 4.69) is 0 Å². The molecule has 138 valence electrons. The third kappa shape index (κ3) is 4.11. The normalized spacial score (nSPS) is 14.8. The summed E-state index contributed by atoms with van der Waals surface area (Å²) >= 11 is 0. The number of amides is 1. The molecule has 0 saturated carbocycles. The monoisotopic (exact) mass is 371 g/mol. The lowest BCUT2D eigenvalue weighted by Gasteiger charge is -2.36. The predicted octanol–water partition coefficient (Wildman–Crippen LogP) is 3.36. The van der Waals surface area contributed by atoms with Gasteiger partial charge in [-0.15, -0.1) is 0 Å². The first-order chi connectivity index (χ1) is 13.0. The quantitative estimate of drug-likeness (QED) is 0.614. The first kappa shape index (κ1) is 18.5. The summed E-state index contributed by atoms with van der Waals surface area (Å²) in [6, 6.07) is 11.4. The molecule has 1 aliphatic rings. The van der Waals surface area contributed by atoms with Gasteiger partial charge in [-0.3, -0.25) is 4.79 Å². The van der Waals surface area contributed by atoms with Crippen LogP contribution in [0.15, 0.2) is 48.0 Å². The molecule has 1 saturated heterocycles. The summed E-state index contributed by atoms with van der Waals surface area (Å²) in [6.07, 6.45) is 1.23. The number of para-hydroxylation sites is 1. The van der Waals surface area contributed by atoms with Gasteiger partial charge in [0.15, 0.2) is 11.6 Å². The number of anilines is 1. The standard InChI is InChI=1S/C20H16F3N3O/c21-16-6-5-14(12-18(16)23)11-15(13-24)20(27)26-9-7-25(8-10-26)19-4-2-1-3-17(19)22/h1-6,11-12H,7-10H2/b15-11+. The van der Waals surface area contributed by atoms with Gasteiger partial charge in [-0.1, -0.05) is 18.2 Å². The average Bonchev–Trinajstić information content (AvgIpc) is 2.69. The maximum atomic E-state index is 13.9. The molecule has 0 atom stereocenters. The Bertz CT molecular complexity index is 928. The summed E-state index contributed by atoms with van der Waals surface area (Å²) in [7, 11) is 0. The van der Waals surface area contributed by atoms with Crippen molar-refractivity contribution in [1.82, 2.24) is 4.90 Å². The van der Waals surface area contributed by atoms with Crippen molar-refractivity contribution in [3.8, 4) is 6.07 Å². The molecule has 0 bridgehead atoms. The Kier molecular flexibility index (Phi) is 5.46. The minimum atomic E-state index is -1.05. The van der Waals surface area contributed by atoms with Crippen LogP contribution in [0.2, 0.25) is 0 Å². The van der Waals surface area contributed by atoms with Crippen LogP contribution in [0.5, 0.6) is 0 Å². The molecule has 0 N–H and O–H groups in total. The van der Waals surface area contributed by atoms with E-state index in [0.717, 1.165) is 12.1 Å². The molecule has 3 rings (SSSR count). The zero-order valence-corrected chi connectivity index (χ0v) is 14.3. The molecule has 0 unspecified atom stereocenters. The average molecular weight is 371 g/mol. The van der Waals surface area contributed by atoms with Gasteiger partial charge < -0.3 is 9.80 Å². The van der Waals surface area contributed by atoms with E-state index in [1.54, 1.807) is 18.2 Å². The fourth-order valence-corrected chi connectivity index (χ4v) is 2.94. The molecule has 27 heavy (non-hydrogen) atoms. The molecule has 0 aromatic heterocycles. The lowest BCUT2D eigenvalue weighted by atomic mass is 10.1. The van der Waals surface area contributed by atoms with Crippen LogP contribution in [0.3, 0.4) is 0 Å². The zero-order valence-electron chi connectivity index (χ0n) is 14.3. The summed E-state index contributed by atoms with van der Waals surface area (Å²) in [5.74, 6) is -2.86. The minimum absolute atomic E-state index is 0.166. The molecule has 4 nitrogen and oxygen atoms in total. The van der Waals surface area contributed by atoms with Crippen LogP contribution in [0.4, 0.5) is 18.9 Å². The van der Waals surface area contributed by atoms with Crippen molar-refractivity contribution in [2.75, 3.05) is 31.1 Å². The molecule has 0 spiro atoms. The fraction of sp³-hybridized carbons (Fsp3) is 0.200. The van der Waals surface area contributed by atoms with Gasteiger partial charge in [-0.2, -0.15) is 5.26 Å². The SMILES string of the molecule is N#C/C(=C\c1ccc(F)c(F)c1)C(=O)N1CCN(c2ccccc2F)CC1. The van der Waals surface area contributed by atoms with E-state index in [4.69, 9.17) is 0 Å². The summed E-state index contributed by atoms with van der Waals surface area (Å²) in [5.41, 5.74) is 0.534. The van der Waals surface area contributed by atoms with E-state index >= 15 is 0 Å². The van der Waals surface area contributed by atoms with Gasteiger partial charge in [0.05, 0.1) is 5.69 Å². The van der Waals surface area contributed by atoms with Gasteiger partial charge in [0.2, 0.25) is 0 Å². The van der Waals surface area contributed by atoms with Crippen LogP contribution < -0.4 is 4.90 Å². The number of nitrogens with zero attached hydrogens (tertiary/aromatic N) is 3. The van der Waals surface area contributed by atoms with E-state index in [1.807, 2.05) is 11.0 Å². The number of hydrogen-bond donors (Lipinski definition) is 0. The lowest BCUT2D eigenvalue weighted by molar-refractivity contribution is -0.126. The first-order valence-electron chi connectivity index (χ1n) is 8.35. The lowest BCUT2D eigenvalue weighted by Crippen LogP contribution is -2.49. The second-order valence-corrected chi connectivity index (χ2v) is 6.07. The van der Waals surface area contributed by atoms with Gasteiger partial charge in [0.25, 0.3) is 5.91 Å². The Labute approximate surface area is 154 Å². The number of halogens is 3. The van der Waals surface area contributed by atoms with Crippen LogP contribution in [0.1, 0.15) is 5.56 Å². The van der Waals surface area contributed by atoms with Crippen LogP contribution >= 0.6 is 0 Å². The van der Waals surface area contributed by atoms with E-state index in [1.165, 1.54) is 23.1 Å². The van der Waals surface area contributed by atoms with E-state index in [0.29, 0.717) is 31.9 Å². The second-order valence-electron chi connectivity index (χ2n) is 6.07. The van der Waals surface area contributed by atoms with Crippen LogP contribution in [-0.2, 0) is 4.79 Å². The number of piperazine rings is 1. The van der Waals surface area contributed by atoms with Gasteiger partial charge in [0, 0.05) is 26.2 Å². The van der Waals surface area contributed by atoms with Gasteiger partial charge in [-0.05, 0) is 35.9 Å². The van der Waals surface area contributed by atoms with Crippen molar-refractivity contribution >= 4 is 17.7 Å². The summed E-state index contributed by atoms with van der Waals surface area (Å²) < 4.78 is 40.2. The summed E-state index contributed by atoms with van der Waals surface area (Å²) in [4.78, 5) is 15.9. The molecule has 1 aliphatic heterocycles.